The number of nitrogens with one attached hydrogen (secondary N) is 1. The van der Waals surface area contributed by atoms with Crippen molar-refractivity contribution in [2.75, 3.05) is 19.6 Å². The predicted octanol–water partition coefficient (Wildman–Crippen LogP) is 2.25. The van der Waals surface area contributed by atoms with Crippen molar-refractivity contribution in [1.29, 1.82) is 0 Å². The third kappa shape index (κ3) is 2.60. The van der Waals surface area contributed by atoms with Crippen LogP contribution in [0.4, 0.5) is 0 Å². The quantitative estimate of drug-likeness (QED) is 0.767. The van der Waals surface area contributed by atoms with E-state index in [1.165, 1.54) is 58.2 Å². The van der Waals surface area contributed by atoms with Gasteiger partial charge in [-0.05, 0) is 63.5 Å². The molecule has 3 aliphatic rings. The fraction of sp³-hybridized carbons (Fsp3) is 1.00. The zero-order valence-electron chi connectivity index (χ0n) is 10.6. The molecule has 1 atom stereocenters. The number of likely N-dealkylation sites (tertiary alicyclic amines) is 1. The zero-order chi connectivity index (χ0) is 11.0. The van der Waals surface area contributed by atoms with Gasteiger partial charge in [0.15, 0.2) is 0 Å². The van der Waals surface area contributed by atoms with Crippen LogP contribution in [0.3, 0.4) is 0 Å². The van der Waals surface area contributed by atoms with Crippen LogP contribution in [0.2, 0.25) is 0 Å². The van der Waals surface area contributed by atoms with Gasteiger partial charge in [-0.25, -0.2) is 0 Å². The van der Waals surface area contributed by atoms with Crippen LogP contribution in [0.5, 0.6) is 0 Å². The molecule has 3 rings (SSSR count). The summed E-state index contributed by atoms with van der Waals surface area (Å²) in [5.41, 5.74) is 0. The molecule has 3 fully saturated rings. The molecule has 16 heavy (non-hydrogen) atoms. The fourth-order valence-corrected chi connectivity index (χ4v) is 3.32. The van der Waals surface area contributed by atoms with Crippen LogP contribution < -0.4 is 5.32 Å². The largest absolute Gasteiger partial charge is 0.309 e. The first-order valence-electron chi connectivity index (χ1n) is 7.35. The van der Waals surface area contributed by atoms with Gasteiger partial charge in [0.25, 0.3) is 0 Å². The summed E-state index contributed by atoms with van der Waals surface area (Å²) in [5, 5.41) is 4.00. The topological polar surface area (TPSA) is 15.3 Å². The Morgan fingerprint density at radius 2 is 1.81 bits per heavy atom. The summed E-state index contributed by atoms with van der Waals surface area (Å²) in [6.45, 7) is 6.15. The molecule has 1 heterocycles. The number of piperidine rings is 1. The zero-order valence-corrected chi connectivity index (χ0v) is 10.6. The lowest BCUT2D eigenvalue weighted by atomic mass is 10.0. The van der Waals surface area contributed by atoms with E-state index in [0.717, 1.165) is 23.9 Å². The molecular formula is C14H26N2. The van der Waals surface area contributed by atoms with Crippen LogP contribution in [-0.2, 0) is 0 Å². The molecule has 2 heteroatoms. The van der Waals surface area contributed by atoms with Crippen molar-refractivity contribution in [3.8, 4) is 0 Å². The number of likely N-dealkylation sites (N-methyl/N-ethyl adjacent to an activating group) is 1. The Bertz CT molecular complexity index is 221. The molecule has 0 amide bonds. The van der Waals surface area contributed by atoms with E-state index < -0.39 is 0 Å². The van der Waals surface area contributed by atoms with Gasteiger partial charge >= 0.3 is 0 Å². The maximum atomic E-state index is 4.00. The van der Waals surface area contributed by atoms with Crippen LogP contribution in [0.15, 0.2) is 0 Å². The lowest BCUT2D eigenvalue weighted by Gasteiger charge is -2.35. The van der Waals surface area contributed by atoms with Crippen LogP contribution in [0, 0.1) is 11.8 Å². The molecule has 92 valence electrons. The van der Waals surface area contributed by atoms with E-state index in [4.69, 9.17) is 0 Å². The van der Waals surface area contributed by atoms with Gasteiger partial charge in [-0.1, -0.05) is 6.92 Å². The molecule has 1 aliphatic heterocycles. The highest BCUT2D eigenvalue weighted by Gasteiger charge is 2.42. The molecular weight excluding hydrogens is 196 g/mol. The summed E-state index contributed by atoms with van der Waals surface area (Å²) < 4.78 is 0. The third-order valence-electron chi connectivity index (χ3n) is 4.64. The van der Waals surface area contributed by atoms with E-state index in [1.807, 2.05) is 0 Å². The van der Waals surface area contributed by atoms with E-state index in [0.29, 0.717) is 0 Å². The van der Waals surface area contributed by atoms with E-state index in [9.17, 15) is 0 Å². The second-order valence-electron chi connectivity index (χ2n) is 6.10. The lowest BCUT2D eigenvalue weighted by molar-refractivity contribution is 0.183. The first-order valence-corrected chi connectivity index (χ1v) is 7.35. The van der Waals surface area contributed by atoms with Crippen molar-refractivity contribution < 1.29 is 0 Å². The second-order valence-corrected chi connectivity index (χ2v) is 6.10. The summed E-state index contributed by atoms with van der Waals surface area (Å²) in [5.74, 6) is 2.09. The smallest absolute Gasteiger partial charge is 0.0198 e. The van der Waals surface area contributed by atoms with Gasteiger partial charge in [-0.2, -0.15) is 0 Å². The average molecular weight is 222 g/mol. The number of rotatable bonds is 5. The first kappa shape index (κ1) is 11.0. The van der Waals surface area contributed by atoms with E-state index in [2.05, 4.69) is 17.1 Å². The van der Waals surface area contributed by atoms with Gasteiger partial charge in [-0.15, -0.1) is 0 Å². The van der Waals surface area contributed by atoms with Gasteiger partial charge < -0.3 is 10.2 Å². The summed E-state index contributed by atoms with van der Waals surface area (Å²) in [6, 6.07) is 1.68. The van der Waals surface area contributed by atoms with Crippen molar-refractivity contribution in [2.24, 2.45) is 11.8 Å². The monoisotopic (exact) mass is 222 g/mol. The summed E-state index contributed by atoms with van der Waals surface area (Å²) >= 11 is 0. The van der Waals surface area contributed by atoms with E-state index >= 15 is 0 Å². The number of hydrogen-bond acceptors (Lipinski definition) is 2. The lowest BCUT2D eigenvalue weighted by Crippen LogP contribution is -2.50. The fourth-order valence-electron chi connectivity index (χ4n) is 3.32. The highest BCUT2D eigenvalue weighted by molar-refractivity contribution is 4.98. The van der Waals surface area contributed by atoms with E-state index in [1.54, 1.807) is 0 Å². The normalized spacial score (nSPS) is 32.2. The van der Waals surface area contributed by atoms with Gasteiger partial charge in [0.1, 0.15) is 0 Å². The molecule has 2 aliphatic carbocycles. The van der Waals surface area contributed by atoms with Crippen molar-refractivity contribution in [2.45, 2.75) is 57.5 Å². The molecule has 2 nitrogen and oxygen atoms in total. The minimum Gasteiger partial charge on any atom is -0.309 e. The van der Waals surface area contributed by atoms with Gasteiger partial charge in [0, 0.05) is 18.6 Å². The second kappa shape index (κ2) is 4.66. The summed E-state index contributed by atoms with van der Waals surface area (Å²) in [6.07, 6.45) is 8.80. The molecule has 1 saturated heterocycles. The molecule has 1 unspecified atom stereocenters. The molecule has 0 bridgehead atoms. The highest BCUT2D eigenvalue weighted by Crippen LogP contribution is 2.44. The Hall–Kier alpha value is -0.0800. The standard InChI is InChI=1S/C14H26N2/c1-2-16-9-3-4-13(10-16)15-14(11-5-6-11)12-7-8-12/h11-15H,2-10H2,1H3. The SMILES string of the molecule is CCN1CCCC(NC(C2CC2)C2CC2)C1. The first-order chi connectivity index (χ1) is 7.86. The van der Waals surface area contributed by atoms with Crippen molar-refractivity contribution >= 4 is 0 Å². The van der Waals surface area contributed by atoms with Crippen LogP contribution in [-0.4, -0.2) is 36.6 Å². The van der Waals surface area contributed by atoms with Crippen molar-refractivity contribution in [3.63, 3.8) is 0 Å². The molecule has 1 N–H and O–H groups in total. The Kier molecular flexibility index (Phi) is 3.21. The van der Waals surface area contributed by atoms with Gasteiger partial charge in [0.05, 0.1) is 0 Å². The maximum Gasteiger partial charge on any atom is 0.0198 e. The molecule has 0 aromatic heterocycles. The minimum absolute atomic E-state index is 0.792. The van der Waals surface area contributed by atoms with Crippen LogP contribution >= 0.6 is 0 Å². The minimum atomic E-state index is 0.792. The molecule has 2 saturated carbocycles. The number of hydrogen-bond donors (Lipinski definition) is 1. The molecule has 0 aromatic rings. The predicted molar refractivity (Wildman–Crippen MR) is 67.5 cm³/mol. The Morgan fingerprint density at radius 3 is 2.38 bits per heavy atom. The molecule has 0 aromatic carbocycles. The van der Waals surface area contributed by atoms with Gasteiger partial charge in [0.2, 0.25) is 0 Å². The van der Waals surface area contributed by atoms with Crippen molar-refractivity contribution in [1.82, 2.24) is 10.2 Å². The third-order valence-corrected chi connectivity index (χ3v) is 4.64. The van der Waals surface area contributed by atoms with Crippen LogP contribution in [0.1, 0.15) is 45.4 Å². The van der Waals surface area contributed by atoms with Crippen LogP contribution in [0.25, 0.3) is 0 Å². The summed E-state index contributed by atoms with van der Waals surface area (Å²) in [7, 11) is 0. The Labute approximate surface area is 99.8 Å². The van der Waals surface area contributed by atoms with Crippen molar-refractivity contribution in [3.05, 3.63) is 0 Å². The Morgan fingerprint density at radius 1 is 1.12 bits per heavy atom. The summed E-state index contributed by atoms with van der Waals surface area (Å²) in [4.78, 5) is 2.61. The molecule has 0 spiro atoms. The number of nitrogens with zero attached hydrogens (tertiary/aromatic N) is 1. The Balaban J connectivity index is 1.51. The average Bonchev–Trinajstić information content (AvgIpc) is 3.18. The van der Waals surface area contributed by atoms with Gasteiger partial charge in [-0.3, -0.25) is 0 Å². The highest BCUT2D eigenvalue weighted by atomic mass is 15.2. The van der Waals surface area contributed by atoms with E-state index in [-0.39, 0.29) is 0 Å². The maximum absolute atomic E-state index is 4.00. The molecule has 0 radical (unpaired) electrons.